The summed E-state index contributed by atoms with van der Waals surface area (Å²) in [6.07, 6.45) is 3.40. The molecule has 0 fully saturated rings. The standard InChI is InChI=1S/C13H18N2O2/c1-4-16-12(17-5-2)11-7-6-8-13(9-11,10-14)15-3/h7,12H,4-6,8-9H2,1-2H3. The lowest BCUT2D eigenvalue weighted by Crippen LogP contribution is -2.31. The van der Waals surface area contributed by atoms with Crippen LogP contribution < -0.4 is 0 Å². The molecular weight excluding hydrogens is 216 g/mol. The summed E-state index contributed by atoms with van der Waals surface area (Å²) >= 11 is 0. The van der Waals surface area contributed by atoms with Gasteiger partial charge in [-0.25, -0.2) is 6.57 Å². The second kappa shape index (κ2) is 6.39. The van der Waals surface area contributed by atoms with Crippen LogP contribution in [-0.4, -0.2) is 25.0 Å². The molecule has 0 bridgehead atoms. The Morgan fingerprint density at radius 1 is 1.53 bits per heavy atom. The van der Waals surface area contributed by atoms with Crippen LogP contribution in [0.25, 0.3) is 4.85 Å². The Balaban J connectivity index is 2.80. The first kappa shape index (κ1) is 13.7. The zero-order valence-corrected chi connectivity index (χ0v) is 10.4. The van der Waals surface area contributed by atoms with E-state index in [1.165, 1.54) is 0 Å². The Kier molecular flexibility index (Phi) is 5.15. The van der Waals surface area contributed by atoms with E-state index in [0.717, 1.165) is 12.0 Å². The largest absolute Gasteiger partial charge is 0.349 e. The number of rotatable bonds is 5. The summed E-state index contributed by atoms with van der Waals surface area (Å²) in [5.41, 5.74) is 0.00814. The Morgan fingerprint density at radius 2 is 2.18 bits per heavy atom. The predicted molar refractivity (Wildman–Crippen MR) is 63.9 cm³/mol. The van der Waals surface area contributed by atoms with E-state index < -0.39 is 11.8 Å². The number of ether oxygens (including phenoxy) is 2. The van der Waals surface area contributed by atoms with Crippen LogP contribution >= 0.6 is 0 Å². The minimum absolute atomic E-state index is 0.403. The highest BCUT2D eigenvalue weighted by molar-refractivity contribution is 5.27. The summed E-state index contributed by atoms with van der Waals surface area (Å²) in [4.78, 5) is 3.49. The van der Waals surface area contributed by atoms with Gasteiger partial charge in [0, 0.05) is 19.6 Å². The lowest BCUT2D eigenvalue weighted by atomic mass is 9.83. The van der Waals surface area contributed by atoms with Crippen molar-refractivity contribution in [3.8, 4) is 6.07 Å². The first-order chi connectivity index (χ1) is 8.21. The molecule has 0 saturated heterocycles. The molecule has 1 rings (SSSR count). The third-order valence-corrected chi connectivity index (χ3v) is 2.82. The van der Waals surface area contributed by atoms with Crippen molar-refractivity contribution in [3.63, 3.8) is 0 Å². The van der Waals surface area contributed by atoms with E-state index in [-0.39, 0.29) is 0 Å². The highest BCUT2D eigenvalue weighted by atomic mass is 16.7. The van der Waals surface area contributed by atoms with Gasteiger partial charge >= 0.3 is 5.54 Å². The van der Waals surface area contributed by atoms with Crippen LogP contribution in [0.15, 0.2) is 11.6 Å². The maximum atomic E-state index is 9.13. The van der Waals surface area contributed by atoms with Crippen molar-refractivity contribution >= 4 is 0 Å². The molecule has 0 spiro atoms. The van der Waals surface area contributed by atoms with Crippen LogP contribution in [0.3, 0.4) is 0 Å². The monoisotopic (exact) mass is 234 g/mol. The van der Waals surface area contributed by atoms with Gasteiger partial charge in [0.25, 0.3) is 0 Å². The van der Waals surface area contributed by atoms with Gasteiger partial charge in [-0.3, -0.25) is 4.85 Å². The molecule has 1 unspecified atom stereocenters. The van der Waals surface area contributed by atoms with Crippen molar-refractivity contribution in [2.75, 3.05) is 13.2 Å². The van der Waals surface area contributed by atoms with Crippen LogP contribution in [0.5, 0.6) is 0 Å². The van der Waals surface area contributed by atoms with E-state index in [9.17, 15) is 0 Å². The summed E-state index contributed by atoms with van der Waals surface area (Å²) in [6.45, 7) is 12.1. The molecule has 4 heteroatoms. The van der Waals surface area contributed by atoms with E-state index in [0.29, 0.717) is 26.1 Å². The summed E-state index contributed by atoms with van der Waals surface area (Å²) in [6, 6.07) is 2.13. The first-order valence-corrected chi connectivity index (χ1v) is 5.93. The van der Waals surface area contributed by atoms with E-state index in [1.54, 1.807) is 0 Å². The van der Waals surface area contributed by atoms with Crippen molar-refractivity contribution in [3.05, 3.63) is 23.1 Å². The van der Waals surface area contributed by atoms with Gasteiger partial charge in [0.15, 0.2) is 12.4 Å². The van der Waals surface area contributed by atoms with Gasteiger partial charge in [-0.05, 0) is 25.8 Å². The minimum atomic E-state index is -0.920. The number of hydrogen-bond acceptors (Lipinski definition) is 3. The maximum Gasteiger partial charge on any atom is 0.319 e. The van der Waals surface area contributed by atoms with Crippen molar-refractivity contribution in [2.24, 2.45) is 0 Å². The summed E-state index contributed by atoms with van der Waals surface area (Å²) in [7, 11) is 0. The second-order valence-electron chi connectivity index (χ2n) is 3.99. The third kappa shape index (κ3) is 3.30. The number of nitrogens with zero attached hydrogens (tertiary/aromatic N) is 2. The molecule has 0 aliphatic heterocycles. The second-order valence-corrected chi connectivity index (χ2v) is 3.99. The Bertz CT molecular complexity index is 343. The Morgan fingerprint density at radius 3 is 2.65 bits per heavy atom. The summed E-state index contributed by atoms with van der Waals surface area (Å²) in [5.74, 6) is 0. The van der Waals surface area contributed by atoms with Gasteiger partial charge in [-0.1, -0.05) is 6.08 Å². The van der Waals surface area contributed by atoms with Crippen molar-refractivity contribution < 1.29 is 9.47 Å². The average Bonchev–Trinajstić information content (AvgIpc) is 2.38. The predicted octanol–water partition coefficient (Wildman–Crippen LogP) is 2.68. The van der Waals surface area contributed by atoms with Crippen LogP contribution in [-0.2, 0) is 9.47 Å². The van der Waals surface area contributed by atoms with Gasteiger partial charge in [0.1, 0.15) is 0 Å². The molecule has 0 amide bonds. The molecular formula is C13H18N2O2. The Labute approximate surface area is 103 Å². The smallest absolute Gasteiger partial charge is 0.319 e. The molecule has 0 aromatic rings. The fraction of sp³-hybridized carbons (Fsp3) is 0.692. The molecule has 1 aliphatic rings. The van der Waals surface area contributed by atoms with E-state index >= 15 is 0 Å². The zero-order valence-electron chi connectivity index (χ0n) is 10.4. The SMILES string of the molecule is [C-]#[N+]C1(C#N)CCC=C(C(OCC)OCC)C1. The van der Waals surface area contributed by atoms with Crippen molar-refractivity contribution in [1.29, 1.82) is 5.26 Å². The quantitative estimate of drug-likeness (QED) is 0.417. The molecule has 92 valence electrons. The van der Waals surface area contributed by atoms with Crippen molar-refractivity contribution in [2.45, 2.75) is 44.9 Å². The van der Waals surface area contributed by atoms with Gasteiger partial charge in [0.05, 0.1) is 6.42 Å². The van der Waals surface area contributed by atoms with Gasteiger partial charge in [-0.15, -0.1) is 0 Å². The normalized spacial score (nSPS) is 23.9. The zero-order chi connectivity index (χ0) is 12.7. The minimum Gasteiger partial charge on any atom is -0.349 e. The van der Waals surface area contributed by atoms with Crippen LogP contribution in [0.1, 0.15) is 33.1 Å². The molecule has 0 heterocycles. The maximum absolute atomic E-state index is 9.13. The molecule has 0 radical (unpaired) electrons. The highest BCUT2D eigenvalue weighted by Gasteiger charge is 2.41. The molecule has 4 nitrogen and oxygen atoms in total. The number of allylic oxidation sites excluding steroid dienone is 1. The number of hydrogen-bond donors (Lipinski definition) is 0. The molecule has 0 N–H and O–H groups in total. The van der Waals surface area contributed by atoms with E-state index in [2.05, 4.69) is 10.9 Å². The Hall–Kier alpha value is -1.36. The highest BCUT2D eigenvalue weighted by Crippen LogP contribution is 2.33. The molecule has 1 atom stereocenters. The van der Waals surface area contributed by atoms with Gasteiger partial charge < -0.3 is 9.47 Å². The lowest BCUT2D eigenvalue weighted by Gasteiger charge is -2.26. The fourth-order valence-electron chi connectivity index (χ4n) is 1.95. The van der Waals surface area contributed by atoms with Crippen LogP contribution in [0.4, 0.5) is 0 Å². The molecule has 0 saturated carbocycles. The molecule has 17 heavy (non-hydrogen) atoms. The first-order valence-electron chi connectivity index (χ1n) is 5.93. The molecule has 0 aromatic carbocycles. The van der Waals surface area contributed by atoms with Crippen LogP contribution in [0.2, 0.25) is 0 Å². The summed E-state index contributed by atoms with van der Waals surface area (Å²) < 4.78 is 11.0. The third-order valence-electron chi connectivity index (χ3n) is 2.82. The lowest BCUT2D eigenvalue weighted by molar-refractivity contribution is -0.114. The summed E-state index contributed by atoms with van der Waals surface area (Å²) in [5, 5.41) is 9.13. The van der Waals surface area contributed by atoms with Crippen molar-refractivity contribution in [1.82, 2.24) is 0 Å². The average molecular weight is 234 g/mol. The molecule has 1 aliphatic carbocycles. The topological polar surface area (TPSA) is 46.6 Å². The van der Waals surface area contributed by atoms with E-state index in [1.807, 2.05) is 19.9 Å². The molecule has 0 aromatic heterocycles. The van der Waals surface area contributed by atoms with Gasteiger partial charge in [-0.2, -0.15) is 5.26 Å². The van der Waals surface area contributed by atoms with Gasteiger partial charge in [0.2, 0.25) is 0 Å². The van der Waals surface area contributed by atoms with Crippen LogP contribution in [0, 0.1) is 17.9 Å². The van der Waals surface area contributed by atoms with E-state index in [4.69, 9.17) is 21.3 Å². The number of nitriles is 1. The fourth-order valence-corrected chi connectivity index (χ4v) is 1.95.